The van der Waals surface area contributed by atoms with E-state index in [2.05, 4.69) is 59.0 Å². The van der Waals surface area contributed by atoms with E-state index in [1.54, 1.807) is 7.11 Å². The summed E-state index contributed by atoms with van der Waals surface area (Å²) in [7, 11) is 3.58. The molecule has 0 saturated carbocycles. The molecule has 0 aromatic heterocycles. The molecule has 3 rings (SSSR count). The number of benzene rings is 2. The Hall–Kier alpha value is -2.39. The number of hydrogen-bond donors (Lipinski definition) is 1. The summed E-state index contributed by atoms with van der Waals surface area (Å²) >= 11 is 0. The molecule has 29 heavy (non-hydrogen) atoms. The smallest absolute Gasteiger partial charge is 0.118 e. The zero-order valence-electron chi connectivity index (χ0n) is 19.7. The molecule has 160 valence electrons. The van der Waals surface area contributed by atoms with Crippen molar-refractivity contribution in [3.63, 3.8) is 0 Å². The van der Waals surface area contributed by atoms with Crippen molar-refractivity contribution in [2.45, 2.75) is 54.4 Å². The Balaban J connectivity index is 0.00000120. The number of oxime groups is 1. The van der Waals surface area contributed by atoms with E-state index in [4.69, 9.17) is 4.84 Å². The minimum absolute atomic E-state index is 0.920. The van der Waals surface area contributed by atoms with Crippen LogP contribution in [0, 0.1) is 0 Å². The Morgan fingerprint density at radius 3 is 2.10 bits per heavy atom. The highest BCUT2D eigenvalue weighted by molar-refractivity contribution is 6.24. The van der Waals surface area contributed by atoms with Gasteiger partial charge in [0.1, 0.15) is 12.8 Å². The van der Waals surface area contributed by atoms with Crippen LogP contribution in [0.15, 0.2) is 53.7 Å². The maximum absolute atomic E-state index is 5.07. The van der Waals surface area contributed by atoms with E-state index in [9.17, 15) is 0 Å². The molecule has 1 aliphatic carbocycles. The van der Waals surface area contributed by atoms with Gasteiger partial charge in [0, 0.05) is 11.1 Å². The molecule has 0 heterocycles. The van der Waals surface area contributed by atoms with Gasteiger partial charge < -0.3 is 10.2 Å². The van der Waals surface area contributed by atoms with Gasteiger partial charge in [0.15, 0.2) is 0 Å². The minimum atomic E-state index is 0.920. The normalized spacial score (nSPS) is 11.9. The predicted molar refractivity (Wildman–Crippen MR) is 131 cm³/mol. The number of hydrogen-bond acceptors (Lipinski definition) is 3. The quantitative estimate of drug-likeness (QED) is 0.354. The first-order valence-corrected chi connectivity index (χ1v) is 11.0. The van der Waals surface area contributed by atoms with Gasteiger partial charge in [-0.15, -0.1) is 0 Å². The van der Waals surface area contributed by atoms with Gasteiger partial charge in [-0.25, -0.2) is 0 Å². The topological polar surface area (TPSA) is 33.6 Å². The van der Waals surface area contributed by atoms with E-state index in [0.717, 1.165) is 36.2 Å². The lowest BCUT2D eigenvalue weighted by molar-refractivity contribution is 0.214. The van der Waals surface area contributed by atoms with Crippen LogP contribution in [-0.4, -0.2) is 26.4 Å². The molecule has 3 nitrogen and oxygen atoms in total. The molecule has 0 spiro atoms. The van der Waals surface area contributed by atoms with Crippen LogP contribution in [-0.2, 0) is 4.84 Å². The van der Waals surface area contributed by atoms with Crippen LogP contribution in [0.2, 0.25) is 0 Å². The van der Waals surface area contributed by atoms with Crippen molar-refractivity contribution in [1.29, 1.82) is 0 Å². The molecule has 0 bridgehead atoms. The second kappa shape index (κ2) is 16.6. The third-order valence-corrected chi connectivity index (χ3v) is 4.06. The summed E-state index contributed by atoms with van der Waals surface area (Å²) < 4.78 is 0. The molecule has 0 atom stereocenters. The number of nitrogens with one attached hydrogen (secondary N) is 1. The first kappa shape index (κ1) is 26.6. The van der Waals surface area contributed by atoms with E-state index in [-0.39, 0.29) is 0 Å². The first-order chi connectivity index (χ1) is 14.3. The number of unbranched alkanes of at least 4 members (excludes halogenated alkanes) is 1. The monoisotopic (exact) mass is 396 g/mol. The molecule has 2 aromatic rings. The van der Waals surface area contributed by atoms with E-state index in [0.29, 0.717) is 0 Å². The Labute approximate surface area is 178 Å². The van der Waals surface area contributed by atoms with Gasteiger partial charge >= 0.3 is 0 Å². The maximum atomic E-state index is 5.07. The van der Waals surface area contributed by atoms with Crippen molar-refractivity contribution in [2.75, 3.05) is 20.7 Å². The van der Waals surface area contributed by atoms with Crippen LogP contribution in [0.25, 0.3) is 17.2 Å². The number of rotatable bonds is 6. The van der Waals surface area contributed by atoms with Crippen molar-refractivity contribution >= 4 is 11.8 Å². The Morgan fingerprint density at radius 1 is 0.862 bits per heavy atom. The van der Waals surface area contributed by atoms with Gasteiger partial charge in [0.05, 0.1) is 0 Å². The summed E-state index contributed by atoms with van der Waals surface area (Å²) in [5, 5.41) is 7.42. The summed E-state index contributed by atoms with van der Waals surface area (Å²) in [6.07, 6.45) is 6.65. The number of allylic oxidation sites excluding steroid dienone is 1. The average Bonchev–Trinajstić information content (AvgIpc) is 3.11. The molecule has 1 aliphatic rings. The highest BCUT2D eigenvalue weighted by atomic mass is 16.6. The lowest BCUT2D eigenvalue weighted by Crippen LogP contribution is -2.06. The molecular formula is C26H40N2O. The van der Waals surface area contributed by atoms with Gasteiger partial charge in [-0.05, 0) is 49.2 Å². The van der Waals surface area contributed by atoms with Crippen LogP contribution in [0.4, 0.5) is 0 Å². The molecule has 0 unspecified atom stereocenters. The molecule has 1 N–H and O–H groups in total. The van der Waals surface area contributed by atoms with Crippen LogP contribution < -0.4 is 5.32 Å². The third-order valence-electron chi connectivity index (χ3n) is 4.06. The SMILES string of the molecule is CC.CC.CC.CNCCC/C=C/c1ccc2c(c1)/C(=N/OC)c1ccccc1-2. The second-order valence-electron chi connectivity index (χ2n) is 5.62. The fourth-order valence-corrected chi connectivity index (χ4v) is 2.97. The van der Waals surface area contributed by atoms with E-state index in [1.807, 2.05) is 54.7 Å². The first-order valence-electron chi connectivity index (χ1n) is 11.0. The summed E-state index contributed by atoms with van der Waals surface area (Å²) in [5.74, 6) is 0. The summed E-state index contributed by atoms with van der Waals surface area (Å²) in [4.78, 5) is 5.07. The summed E-state index contributed by atoms with van der Waals surface area (Å²) in [6, 6.07) is 14.9. The van der Waals surface area contributed by atoms with Gasteiger partial charge in [-0.3, -0.25) is 0 Å². The maximum Gasteiger partial charge on any atom is 0.118 e. The van der Waals surface area contributed by atoms with Crippen molar-refractivity contribution in [2.24, 2.45) is 5.16 Å². The minimum Gasteiger partial charge on any atom is -0.399 e. The average molecular weight is 397 g/mol. The standard InChI is InChI=1S/C20H22N2O.3C2H6/c1-21-13-7-3-4-8-15-11-12-17-16-9-5-6-10-18(16)20(22-23-2)19(17)14-15;3*1-2/h4-6,8-12,14,21H,3,7,13H2,1-2H3;3*1-2H3/b8-4+,22-20+;;;. The number of nitrogens with zero attached hydrogens (tertiary/aromatic N) is 1. The van der Waals surface area contributed by atoms with Gasteiger partial charge in [0.2, 0.25) is 0 Å². The van der Waals surface area contributed by atoms with Crippen molar-refractivity contribution in [3.8, 4) is 11.1 Å². The molecule has 0 saturated heterocycles. The Kier molecular flexibility index (Phi) is 15.2. The number of fused-ring (bicyclic) bond motifs is 3. The van der Waals surface area contributed by atoms with Gasteiger partial charge in [-0.2, -0.15) is 0 Å². The highest BCUT2D eigenvalue weighted by Gasteiger charge is 2.25. The Bertz CT molecular complexity index is 748. The van der Waals surface area contributed by atoms with E-state index in [1.165, 1.54) is 16.7 Å². The third kappa shape index (κ3) is 7.51. The molecule has 0 fully saturated rings. The molecule has 3 heteroatoms. The molecule has 0 aliphatic heterocycles. The van der Waals surface area contributed by atoms with Crippen molar-refractivity contribution in [3.05, 3.63) is 65.2 Å². The van der Waals surface area contributed by atoms with E-state index < -0.39 is 0 Å². The predicted octanol–water partition coefficient (Wildman–Crippen LogP) is 7.16. The van der Waals surface area contributed by atoms with E-state index >= 15 is 0 Å². The lowest BCUT2D eigenvalue weighted by atomic mass is 10.0. The highest BCUT2D eigenvalue weighted by Crippen LogP contribution is 2.37. The molecule has 0 amide bonds. The largest absolute Gasteiger partial charge is 0.399 e. The molecular weight excluding hydrogens is 356 g/mol. The lowest BCUT2D eigenvalue weighted by Gasteiger charge is -2.02. The summed E-state index contributed by atoms with van der Waals surface area (Å²) in [5.41, 5.74) is 6.85. The van der Waals surface area contributed by atoms with Crippen LogP contribution in [0.1, 0.15) is 71.1 Å². The molecule has 0 radical (unpaired) electrons. The zero-order valence-corrected chi connectivity index (χ0v) is 19.7. The van der Waals surface area contributed by atoms with Crippen LogP contribution in [0.5, 0.6) is 0 Å². The van der Waals surface area contributed by atoms with Crippen molar-refractivity contribution in [1.82, 2.24) is 5.32 Å². The fraction of sp³-hybridized carbons (Fsp3) is 0.423. The second-order valence-corrected chi connectivity index (χ2v) is 5.62. The van der Waals surface area contributed by atoms with Gasteiger partial charge in [-0.1, -0.05) is 95.2 Å². The van der Waals surface area contributed by atoms with Gasteiger partial charge in [0.25, 0.3) is 0 Å². The summed E-state index contributed by atoms with van der Waals surface area (Å²) in [6.45, 7) is 13.1. The molecule has 2 aromatic carbocycles. The Morgan fingerprint density at radius 2 is 1.48 bits per heavy atom. The van der Waals surface area contributed by atoms with Crippen LogP contribution in [0.3, 0.4) is 0 Å². The van der Waals surface area contributed by atoms with Crippen LogP contribution >= 0.6 is 0 Å². The fourth-order valence-electron chi connectivity index (χ4n) is 2.97. The zero-order chi connectivity index (χ0) is 22.1. The van der Waals surface area contributed by atoms with Crippen molar-refractivity contribution < 1.29 is 4.84 Å².